The zero-order chi connectivity index (χ0) is 16.0. The molecule has 1 atom stereocenters. The predicted octanol–water partition coefficient (Wildman–Crippen LogP) is 3.09. The zero-order valence-corrected chi connectivity index (χ0v) is 14.1. The van der Waals surface area contributed by atoms with Crippen molar-refractivity contribution in [1.29, 1.82) is 0 Å². The Kier molecular flexibility index (Phi) is 6.68. The predicted molar refractivity (Wildman–Crippen MR) is 85.0 cm³/mol. The summed E-state index contributed by atoms with van der Waals surface area (Å²) < 4.78 is 0.973. The summed E-state index contributed by atoms with van der Waals surface area (Å²) >= 11 is 3.35. The van der Waals surface area contributed by atoms with Crippen LogP contribution >= 0.6 is 15.9 Å². The van der Waals surface area contributed by atoms with Crippen molar-refractivity contribution < 1.29 is 14.7 Å². The summed E-state index contributed by atoms with van der Waals surface area (Å²) in [6.45, 7) is 4.27. The average molecular weight is 357 g/mol. The van der Waals surface area contributed by atoms with Crippen molar-refractivity contribution in [2.45, 2.75) is 32.9 Å². The van der Waals surface area contributed by atoms with E-state index >= 15 is 0 Å². The Balaban J connectivity index is 2.60. The molecule has 6 heteroatoms. The van der Waals surface area contributed by atoms with Crippen molar-refractivity contribution >= 4 is 27.9 Å². The van der Waals surface area contributed by atoms with Gasteiger partial charge in [0, 0.05) is 18.1 Å². The number of nitrogens with one attached hydrogen (secondary N) is 1. The molecule has 0 aliphatic heterocycles. The normalized spacial score (nSPS) is 12.0. The van der Waals surface area contributed by atoms with Gasteiger partial charge in [-0.15, -0.1) is 0 Å². The number of nitrogens with zero attached hydrogens (tertiary/aromatic N) is 1. The SMILES string of the molecule is CC(C)C[C@@H](NC(=O)N(C)Cc1ccc(Br)cc1)C(=O)O. The number of carbonyl (C=O) groups is 2. The molecule has 1 rings (SSSR count). The number of hydrogen-bond donors (Lipinski definition) is 2. The number of carbonyl (C=O) groups excluding carboxylic acids is 1. The van der Waals surface area contributed by atoms with Gasteiger partial charge in [0.1, 0.15) is 6.04 Å². The second kappa shape index (κ2) is 8.02. The maximum absolute atomic E-state index is 12.1. The number of carboxylic acids is 1. The molecular weight excluding hydrogens is 336 g/mol. The molecule has 0 radical (unpaired) electrons. The summed E-state index contributed by atoms with van der Waals surface area (Å²) in [4.78, 5) is 24.7. The van der Waals surface area contributed by atoms with Gasteiger partial charge in [-0.1, -0.05) is 41.9 Å². The Labute approximate surface area is 133 Å². The molecule has 0 aliphatic rings. The maximum atomic E-state index is 12.1. The number of aliphatic carboxylic acids is 1. The fourth-order valence-electron chi connectivity index (χ4n) is 1.89. The Morgan fingerprint density at radius 1 is 1.29 bits per heavy atom. The minimum Gasteiger partial charge on any atom is -0.480 e. The van der Waals surface area contributed by atoms with Crippen molar-refractivity contribution in [3.05, 3.63) is 34.3 Å². The topological polar surface area (TPSA) is 69.6 Å². The summed E-state index contributed by atoms with van der Waals surface area (Å²) in [5, 5.41) is 11.7. The van der Waals surface area contributed by atoms with Gasteiger partial charge in [0.15, 0.2) is 0 Å². The summed E-state index contributed by atoms with van der Waals surface area (Å²) in [5.74, 6) is -0.808. The van der Waals surface area contributed by atoms with Crippen LogP contribution in [0.15, 0.2) is 28.7 Å². The van der Waals surface area contributed by atoms with Gasteiger partial charge in [-0.05, 0) is 30.0 Å². The van der Waals surface area contributed by atoms with Crippen LogP contribution < -0.4 is 5.32 Å². The molecule has 116 valence electrons. The molecule has 0 fully saturated rings. The van der Waals surface area contributed by atoms with Gasteiger partial charge in [-0.3, -0.25) is 0 Å². The van der Waals surface area contributed by atoms with E-state index in [0.29, 0.717) is 13.0 Å². The van der Waals surface area contributed by atoms with E-state index < -0.39 is 12.0 Å². The molecular formula is C15H21BrN2O3. The van der Waals surface area contributed by atoms with Crippen LogP contribution in [0.4, 0.5) is 4.79 Å². The first-order valence-corrected chi connectivity index (χ1v) is 7.57. The molecule has 0 saturated heterocycles. The van der Waals surface area contributed by atoms with E-state index in [4.69, 9.17) is 5.11 Å². The summed E-state index contributed by atoms with van der Waals surface area (Å²) in [7, 11) is 1.64. The van der Waals surface area contributed by atoms with E-state index in [1.165, 1.54) is 4.90 Å². The first-order chi connectivity index (χ1) is 9.79. The van der Waals surface area contributed by atoms with Crippen LogP contribution in [0.2, 0.25) is 0 Å². The second-order valence-electron chi connectivity index (χ2n) is 5.45. The minimum atomic E-state index is -1.01. The molecule has 1 aromatic rings. The minimum absolute atomic E-state index is 0.197. The van der Waals surface area contributed by atoms with E-state index in [2.05, 4.69) is 21.2 Å². The molecule has 0 bridgehead atoms. The van der Waals surface area contributed by atoms with Gasteiger partial charge in [-0.25, -0.2) is 9.59 Å². The highest BCUT2D eigenvalue weighted by Crippen LogP contribution is 2.12. The summed E-state index contributed by atoms with van der Waals surface area (Å²) in [6, 6.07) is 6.39. The molecule has 2 N–H and O–H groups in total. The van der Waals surface area contributed by atoms with Crippen LogP contribution in [-0.2, 0) is 11.3 Å². The Morgan fingerprint density at radius 2 is 1.86 bits per heavy atom. The molecule has 5 nitrogen and oxygen atoms in total. The highest BCUT2D eigenvalue weighted by atomic mass is 79.9. The van der Waals surface area contributed by atoms with E-state index in [0.717, 1.165) is 10.0 Å². The monoisotopic (exact) mass is 356 g/mol. The fourth-order valence-corrected chi connectivity index (χ4v) is 2.15. The molecule has 0 heterocycles. The highest BCUT2D eigenvalue weighted by Gasteiger charge is 2.22. The Morgan fingerprint density at radius 3 is 2.33 bits per heavy atom. The first kappa shape index (κ1) is 17.5. The number of amides is 2. The lowest BCUT2D eigenvalue weighted by atomic mass is 10.0. The second-order valence-corrected chi connectivity index (χ2v) is 6.37. The number of carboxylic acid groups (broad SMARTS) is 1. The molecule has 0 saturated carbocycles. The van der Waals surface area contributed by atoms with Crippen molar-refractivity contribution in [2.24, 2.45) is 5.92 Å². The van der Waals surface area contributed by atoms with Crippen molar-refractivity contribution in [3.8, 4) is 0 Å². The van der Waals surface area contributed by atoms with Gasteiger partial charge in [-0.2, -0.15) is 0 Å². The molecule has 1 aromatic carbocycles. The van der Waals surface area contributed by atoms with Crippen LogP contribution in [0.1, 0.15) is 25.8 Å². The van der Waals surface area contributed by atoms with Gasteiger partial charge in [0.25, 0.3) is 0 Å². The zero-order valence-electron chi connectivity index (χ0n) is 12.5. The quantitative estimate of drug-likeness (QED) is 0.822. The molecule has 0 unspecified atom stereocenters. The van der Waals surface area contributed by atoms with Crippen molar-refractivity contribution in [1.82, 2.24) is 10.2 Å². The Hall–Kier alpha value is -1.56. The van der Waals surface area contributed by atoms with E-state index in [9.17, 15) is 9.59 Å². The molecule has 0 spiro atoms. The van der Waals surface area contributed by atoms with Gasteiger partial charge >= 0.3 is 12.0 Å². The summed E-state index contributed by atoms with van der Waals surface area (Å²) in [5.41, 5.74) is 0.978. The van der Waals surface area contributed by atoms with Crippen LogP contribution in [0, 0.1) is 5.92 Å². The molecule has 0 aliphatic carbocycles. The Bertz CT molecular complexity index is 488. The van der Waals surface area contributed by atoms with E-state index in [1.54, 1.807) is 7.05 Å². The molecule has 2 amide bonds. The third-order valence-electron chi connectivity index (χ3n) is 2.98. The summed E-state index contributed by atoms with van der Waals surface area (Å²) in [6.07, 6.45) is 0.410. The number of hydrogen-bond acceptors (Lipinski definition) is 2. The standard InChI is InChI=1S/C15H21BrN2O3/c1-10(2)8-13(14(19)20)17-15(21)18(3)9-11-4-6-12(16)7-5-11/h4-7,10,13H,8-9H2,1-3H3,(H,17,21)(H,19,20)/t13-/m1/s1. The largest absolute Gasteiger partial charge is 0.480 e. The van der Waals surface area contributed by atoms with Gasteiger partial charge in [0.05, 0.1) is 0 Å². The lowest BCUT2D eigenvalue weighted by molar-refractivity contribution is -0.139. The van der Waals surface area contributed by atoms with E-state index in [-0.39, 0.29) is 11.9 Å². The lowest BCUT2D eigenvalue weighted by Crippen LogP contribution is -2.46. The number of halogens is 1. The number of benzene rings is 1. The fraction of sp³-hybridized carbons (Fsp3) is 0.467. The van der Waals surface area contributed by atoms with Gasteiger partial charge in [0.2, 0.25) is 0 Å². The molecule has 0 aromatic heterocycles. The van der Waals surface area contributed by atoms with Crippen LogP contribution in [0.25, 0.3) is 0 Å². The smallest absolute Gasteiger partial charge is 0.326 e. The number of rotatable bonds is 6. The number of urea groups is 1. The molecule has 21 heavy (non-hydrogen) atoms. The average Bonchev–Trinajstić information content (AvgIpc) is 2.39. The third-order valence-corrected chi connectivity index (χ3v) is 3.51. The van der Waals surface area contributed by atoms with Crippen molar-refractivity contribution in [2.75, 3.05) is 7.05 Å². The van der Waals surface area contributed by atoms with Gasteiger partial charge < -0.3 is 15.3 Å². The lowest BCUT2D eigenvalue weighted by Gasteiger charge is -2.22. The maximum Gasteiger partial charge on any atom is 0.326 e. The van der Waals surface area contributed by atoms with Crippen LogP contribution in [0.3, 0.4) is 0 Å². The van der Waals surface area contributed by atoms with E-state index in [1.807, 2.05) is 38.1 Å². The first-order valence-electron chi connectivity index (χ1n) is 6.78. The third kappa shape index (κ3) is 6.16. The highest BCUT2D eigenvalue weighted by molar-refractivity contribution is 9.10. The van der Waals surface area contributed by atoms with Crippen LogP contribution in [0.5, 0.6) is 0 Å². The van der Waals surface area contributed by atoms with Crippen molar-refractivity contribution in [3.63, 3.8) is 0 Å². The van der Waals surface area contributed by atoms with Crippen LogP contribution in [-0.4, -0.2) is 35.1 Å².